The minimum absolute atomic E-state index is 0.166. The fourth-order valence-corrected chi connectivity index (χ4v) is 2.87. The van der Waals surface area contributed by atoms with Gasteiger partial charge >= 0.3 is 0 Å². The number of carbonyl (C=O) groups excluding carboxylic acids is 1. The highest BCUT2D eigenvalue weighted by Crippen LogP contribution is 2.17. The van der Waals surface area contributed by atoms with Gasteiger partial charge in [-0.15, -0.1) is 0 Å². The number of H-pyrrole nitrogens is 1. The van der Waals surface area contributed by atoms with Gasteiger partial charge in [-0.3, -0.25) is 9.69 Å². The summed E-state index contributed by atoms with van der Waals surface area (Å²) in [6.07, 6.45) is 2.78. The maximum atomic E-state index is 12.1. The number of likely N-dealkylation sites (tertiary alicyclic amines) is 1. The van der Waals surface area contributed by atoms with Crippen LogP contribution in [0.15, 0.2) is 23.0 Å². The van der Waals surface area contributed by atoms with Crippen LogP contribution >= 0.6 is 11.6 Å². The van der Waals surface area contributed by atoms with Crippen molar-refractivity contribution in [1.82, 2.24) is 14.9 Å². The first-order valence-corrected chi connectivity index (χ1v) is 7.39. The van der Waals surface area contributed by atoms with Crippen LogP contribution in [-0.2, 0) is 11.3 Å². The predicted molar refractivity (Wildman–Crippen MR) is 81.4 cm³/mol. The minimum atomic E-state index is -0.166. The number of nitrogens with zero attached hydrogens (tertiary/aromatic N) is 2. The second kappa shape index (κ2) is 5.95. The van der Waals surface area contributed by atoms with Gasteiger partial charge in [0, 0.05) is 10.9 Å². The smallest absolute Gasteiger partial charge is 0.258 e. The zero-order valence-corrected chi connectivity index (χ0v) is 12.3. The number of piperidine rings is 1. The Hall–Kier alpha value is -1.72. The molecule has 110 valence electrons. The molecule has 1 aromatic carbocycles. The van der Waals surface area contributed by atoms with E-state index in [4.69, 9.17) is 11.6 Å². The molecular weight excluding hydrogens is 290 g/mol. The number of hydrogen-bond acceptors (Lipinski definition) is 4. The van der Waals surface area contributed by atoms with Gasteiger partial charge in [-0.1, -0.05) is 11.6 Å². The third-order valence-corrected chi connectivity index (χ3v) is 4.15. The summed E-state index contributed by atoms with van der Waals surface area (Å²) in [5.41, 5.74) is 0.487. The van der Waals surface area contributed by atoms with Gasteiger partial charge in [0.25, 0.3) is 5.56 Å². The number of rotatable bonds is 3. The molecule has 21 heavy (non-hydrogen) atoms. The summed E-state index contributed by atoms with van der Waals surface area (Å²) in [4.78, 5) is 32.3. The Bertz CT molecular complexity index is 720. The lowest BCUT2D eigenvalue weighted by atomic mass is 9.99. The lowest BCUT2D eigenvalue weighted by Gasteiger charge is -2.28. The number of carbonyl (C=O) groups is 1. The van der Waals surface area contributed by atoms with E-state index in [2.05, 4.69) is 14.9 Å². The van der Waals surface area contributed by atoms with Crippen molar-refractivity contribution in [3.8, 4) is 0 Å². The standard InChI is InChI=1S/C15H16ClN3O2/c16-11-1-2-13-12(7-11)15(21)18-14(17-13)8-19-5-3-10(9-20)4-6-19/h1-2,7,9-10H,3-6,8H2,(H,17,18,21). The summed E-state index contributed by atoms with van der Waals surface area (Å²) in [7, 11) is 0. The van der Waals surface area contributed by atoms with Crippen LogP contribution in [0.1, 0.15) is 18.7 Å². The van der Waals surface area contributed by atoms with Crippen LogP contribution in [0.25, 0.3) is 10.9 Å². The Morgan fingerprint density at radius 1 is 1.38 bits per heavy atom. The molecule has 3 rings (SSSR count). The van der Waals surface area contributed by atoms with Crippen molar-refractivity contribution in [3.63, 3.8) is 0 Å². The van der Waals surface area contributed by atoms with Gasteiger partial charge in [-0.25, -0.2) is 4.98 Å². The highest BCUT2D eigenvalue weighted by Gasteiger charge is 2.19. The quantitative estimate of drug-likeness (QED) is 0.881. The van der Waals surface area contributed by atoms with Gasteiger partial charge in [0.1, 0.15) is 12.1 Å². The summed E-state index contributed by atoms with van der Waals surface area (Å²) in [6, 6.07) is 5.12. The van der Waals surface area contributed by atoms with Crippen molar-refractivity contribution in [2.24, 2.45) is 5.92 Å². The number of aromatic nitrogens is 2. The summed E-state index contributed by atoms with van der Waals surface area (Å²) < 4.78 is 0. The average Bonchev–Trinajstić information content (AvgIpc) is 2.49. The molecule has 2 aromatic rings. The van der Waals surface area contributed by atoms with Gasteiger partial charge in [0.15, 0.2) is 0 Å². The van der Waals surface area contributed by atoms with E-state index in [0.29, 0.717) is 28.3 Å². The molecule has 0 radical (unpaired) electrons. The van der Waals surface area contributed by atoms with E-state index < -0.39 is 0 Å². The van der Waals surface area contributed by atoms with Crippen molar-refractivity contribution in [2.75, 3.05) is 13.1 Å². The maximum absolute atomic E-state index is 12.1. The Kier molecular flexibility index (Phi) is 4.03. The molecule has 1 aliphatic heterocycles. The van der Waals surface area contributed by atoms with Gasteiger partial charge in [-0.05, 0) is 44.1 Å². The molecule has 0 bridgehead atoms. The Labute approximate surface area is 126 Å². The second-order valence-electron chi connectivity index (χ2n) is 5.42. The number of fused-ring (bicyclic) bond motifs is 1. The molecule has 0 aliphatic carbocycles. The molecule has 5 nitrogen and oxygen atoms in total. The number of benzene rings is 1. The van der Waals surface area contributed by atoms with Crippen LogP contribution < -0.4 is 5.56 Å². The second-order valence-corrected chi connectivity index (χ2v) is 5.86. The Balaban J connectivity index is 1.80. The van der Waals surface area contributed by atoms with Crippen molar-refractivity contribution >= 4 is 28.8 Å². The van der Waals surface area contributed by atoms with E-state index in [1.807, 2.05) is 0 Å². The summed E-state index contributed by atoms with van der Waals surface area (Å²) in [5, 5.41) is 1.03. The van der Waals surface area contributed by atoms with Crippen LogP contribution in [0.2, 0.25) is 5.02 Å². The summed E-state index contributed by atoms with van der Waals surface area (Å²) >= 11 is 5.90. The molecule has 1 aliphatic rings. The number of nitrogens with one attached hydrogen (secondary N) is 1. The first-order chi connectivity index (χ1) is 10.2. The third-order valence-electron chi connectivity index (χ3n) is 3.91. The van der Waals surface area contributed by atoms with Crippen LogP contribution in [0, 0.1) is 5.92 Å². The zero-order chi connectivity index (χ0) is 14.8. The third kappa shape index (κ3) is 3.14. The molecule has 0 saturated carbocycles. The molecule has 0 amide bonds. The molecule has 1 N–H and O–H groups in total. The molecule has 0 spiro atoms. The summed E-state index contributed by atoms with van der Waals surface area (Å²) in [6.45, 7) is 2.30. The van der Waals surface area contributed by atoms with E-state index in [-0.39, 0.29) is 11.5 Å². The van der Waals surface area contributed by atoms with Crippen LogP contribution in [0.4, 0.5) is 0 Å². The highest BCUT2D eigenvalue weighted by molar-refractivity contribution is 6.31. The minimum Gasteiger partial charge on any atom is -0.309 e. The molecule has 2 heterocycles. The highest BCUT2D eigenvalue weighted by atomic mass is 35.5. The molecule has 6 heteroatoms. The van der Waals surface area contributed by atoms with Crippen LogP contribution in [-0.4, -0.2) is 34.2 Å². The number of aromatic amines is 1. The monoisotopic (exact) mass is 305 g/mol. The first kappa shape index (κ1) is 14.2. The normalized spacial score (nSPS) is 17.2. The van der Waals surface area contributed by atoms with Gasteiger partial charge in [0.2, 0.25) is 0 Å². The molecule has 0 atom stereocenters. The number of halogens is 1. The fraction of sp³-hybridized carbons (Fsp3) is 0.400. The lowest BCUT2D eigenvalue weighted by Crippen LogP contribution is -2.34. The predicted octanol–water partition coefficient (Wildman–Crippen LogP) is 1.99. The van der Waals surface area contributed by atoms with Crippen molar-refractivity contribution in [1.29, 1.82) is 0 Å². The topological polar surface area (TPSA) is 66.1 Å². The van der Waals surface area contributed by atoms with Crippen molar-refractivity contribution < 1.29 is 4.79 Å². The molecule has 1 aromatic heterocycles. The van der Waals surface area contributed by atoms with E-state index in [9.17, 15) is 9.59 Å². The first-order valence-electron chi connectivity index (χ1n) is 7.02. The van der Waals surface area contributed by atoms with Gasteiger partial charge in [0.05, 0.1) is 17.4 Å². The SMILES string of the molecule is O=CC1CCN(Cc2nc3ccc(Cl)cc3c(=O)[nH]2)CC1. The Morgan fingerprint density at radius 2 is 2.14 bits per heavy atom. The number of hydrogen-bond donors (Lipinski definition) is 1. The van der Waals surface area contributed by atoms with Gasteiger partial charge < -0.3 is 9.78 Å². The fourth-order valence-electron chi connectivity index (χ4n) is 2.69. The molecule has 1 fully saturated rings. The summed E-state index contributed by atoms with van der Waals surface area (Å²) in [5.74, 6) is 0.825. The van der Waals surface area contributed by atoms with Gasteiger partial charge in [-0.2, -0.15) is 0 Å². The largest absolute Gasteiger partial charge is 0.309 e. The zero-order valence-electron chi connectivity index (χ0n) is 11.5. The Morgan fingerprint density at radius 3 is 2.86 bits per heavy atom. The van der Waals surface area contributed by atoms with E-state index in [1.54, 1.807) is 18.2 Å². The number of aldehydes is 1. The van der Waals surface area contributed by atoms with Crippen molar-refractivity contribution in [2.45, 2.75) is 19.4 Å². The van der Waals surface area contributed by atoms with Crippen LogP contribution in [0.5, 0.6) is 0 Å². The van der Waals surface area contributed by atoms with E-state index in [0.717, 1.165) is 32.2 Å². The molecule has 1 saturated heterocycles. The van der Waals surface area contributed by atoms with E-state index >= 15 is 0 Å². The van der Waals surface area contributed by atoms with Crippen molar-refractivity contribution in [3.05, 3.63) is 39.4 Å². The van der Waals surface area contributed by atoms with Crippen LogP contribution in [0.3, 0.4) is 0 Å². The maximum Gasteiger partial charge on any atom is 0.258 e. The average molecular weight is 306 g/mol. The lowest BCUT2D eigenvalue weighted by molar-refractivity contribution is -0.112. The molecular formula is C15H16ClN3O2. The van der Waals surface area contributed by atoms with E-state index in [1.165, 1.54) is 0 Å². The molecule has 0 unspecified atom stereocenters.